The summed E-state index contributed by atoms with van der Waals surface area (Å²) in [6.07, 6.45) is -0.231. The Hall–Kier alpha value is -1.70. The SMILES string of the molecule is O=C(O)C[C@H]1S[C@H](c2cccc(F)c2F)c2cc(Cl)ccc2NC1=S. The van der Waals surface area contributed by atoms with E-state index in [9.17, 15) is 13.6 Å². The molecule has 0 amide bonds. The number of hydrogen-bond acceptors (Lipinski definition) is 3. The van der Waals surface area contributed by atoms with Crippen molar-refractivity contribution in [3.8, 4) is 0 Å². The molecule has 0 spiro atoms. The number of nitrogens with one attached hydrogen (secondary N) is 1. The second kappa shape index (κ2) is 7.27. The molecule has 2 aromatic rings. The van der Waals surface area contributed by atoms with Gasteiger partial charge in [-0.2, -0.15) is 0 Å². The molecule has 0 unspecified atom stereocenters. The van der Waals surface area contributed by atoms with Crippen molar-refractivity contribution in [2.45, 2.75) is 16.9 Å². The predicted octanol–water partition coefficient (Wildman–Crippen LogP) is 5.04. The fourth-order valence-corrected chi connectivity index (χ4v) is 4.60. The molecule has 0 saturated heterocycles. The van der Waals surface area contributed by atoms with Crippen molar-refractivity contribution in [1.82, 2.24) is 0 Å². The maximum Gasteiger partial charge on any atom is 0.304 e. The van der Waals surface area contributed by atoms with E-state index in [-0.39, 0.29) is 12.0 Å². The number of hydrogen-bond donors (Lipinski definition) is 2. The molecule has 3 rings (SSSR count). The molecule has 1 aliphatic heterocycles. The normalized spacial score (nSPS) is 19.7. The Morgan fingerprint density at radius 1 is 1.28 bits per heavy atom. The number of anilines is 1. The molecule has 0 fully saturated rings. The molecule has 1 aliphatic rings. The van der Waals surface area contributed by atoms with E-state index < -0.39 is 28.1 Å². The summed E-state index contributed by atoms with van der Waals surface area (Å²) in [6.45, 7) is 0. The third-order valence-electron chi connectivity index (χ3n) is 3.77. The first-order chi connectivity index (χ1) is 11.9. The van der Waals surface area contributed by atoms with Crippen LogP contribution in [0.2, 0.25) is 5.02 Å². The van der Waals surface area contributed by atoms with Crippen LogP contribution in [0, 0.1) is 11.6 Å². The highest BCUT2D eigenvalue weighted by Crippen LogP contribution is 2.46. The number of fused-ring (bicyclic) bond motifs is 1. The maximum absolute atomic E-state index is 14.4. The van der Waals surface area contributed by atoms with Crippen LogP contribution >= 0.6 is 35.6 Å². The van der Waals surface area contributed by atoms with Gasteiger partial charge in [-0.3, -0.25) is 4.79 Å². The van der Waals surface area contributed by atoms with Crippen LogP contribution in [0.1, 0.15) is 22.8 Å². The van der Waals surface area contributed by atoms with E-state index in [4.69, 9.17) is 28.9 Å². The number of carboxylic acid groups (broad SMARTS) is 1. The van der Waals surface area contributed by atoms with E-state index in [1.807, 2.05) is 0 Å². The van der Waals surface area contributed by atoms with Gasteiger partial charge in [0.2, 0.25) is 0 Å². The molecular formula is C17H12ClF2NO2S2. The van der Waals surface area contributed by atoms with E-state index in [2.05, 4.69) is 5.32 Å². The molecule has 0 saturated carbocycles. The summed E-state index contributed by atoms with van der Waals surface area (Å²) in [4.78, 5) is 11.5. The Bertz CT molecular complexity index is 863. The Labute approximate surface area is 157 Å². The van der Waals surface area contributed by atoms with Gasteiger partial charge in [-0.25, -0.2) is 8.78 Å². The number of thiocarbonyl (C=S) groups is 1. The number of aliphatic carboxylic acids is 1. The highest BCUT2D eigenvalue weighted by molar-refractivity contribution is 8.02. The Balaban J connectivity index is 2.15. The predicted molar refractivity (Wildman–Crippen MR) is 99.5 cm³/mol. The quantitative estimate of drug-likeness (QED) is 0.708. The summed E-state index contributed by atoms with van der Waals surface area (Å²) < 4.78 is 28.1. The largest absolute Gasteiger partial charge is 0.481 e. The number of carboxylic acids is 1. The summed E-state index contributed by atoms with van der Waals surface area (Å²) in [7, 11) is 0. The van der Waals surface area contributed by atoms with Crippen LogP contribution in [-0.4, -0.2) is 21.3 Å². The Kier molecular flexibility index (Phi) is 5.27. The second-order valence-electron chi connectivity index (χ2n) is 5.47. The van der Waals surface area contributed by atoms with Crippen LogP contribution in [-0.2, 0) is 4.79 Å². The van der Waals surface area contributed by atoms with Gasteiger partial charge in [0.05, 0.1) is 21.9 Å². The van der Waals surface area contributed by atoms with Gasteiger partial charge < -0.3 is 10.4 Å². The topological polar surface area (TPSA) is 49.3 Å². The van der Waals surface area contributed by atoms with E-state index in [1.165, 1.54) is 23.9 Å². The zero-order valence-corrected chi connectivity index (χ0v) is 15.0. The lowest BCUT2D eigenvalue weighted by molar-refractivity contribution is -0.136. The number of benzene rings is 2. The molecule has 8 heteroatoms. The molecule has 0 bridgehead atoms. The molecule has 0 aliphatic carbocycles. The van der Waals surface area contributed by atoms with Gasteiger partial charge in [0.1, 0.15) is 0 Å². The van der Waals surface area contributed by atoms with Gasteiger partial charge >= 0.3 is 5.97 Å². The third-order valence-corrected chi connectivity index (χ3v) is 6.05. The fraction of sp³-hybridized carbons (Fsp3) is 0.176. The number of rotatable bonds is 3. The van der Waals surface area contributed by atoms with E-state index in [1.54, 1.807) is 18.2 Å². The monoisotopic (exact) mass is 399 g/mol. The van der Waals surface area contributed by atoms with Crippen LogP contribution < -0.4 is 5.32 Å². The number of thioether (sulfide) groups is 1. The molecule has 1 heterocycles. The first kappa shape index (κ1) is 18.1. The Morgan fingerprint density at radius 3 is 2.76 bits per heavy atom. The summed E-state index contributed by atoms with van der Waals surface area (Å²) in [5.74, 6) is -2.95. The smallest absolute Gasteiger partial charge is 0.304 e. The highest BCUT2D eigenvalue weighted by atomic mass is 35.5. The minimum absolute atomic E-state index is 0.121. The van der Waals surface area contributed by atoms with Crippen LogP contribution in [0.3, 0.4) is 0 Å². The summed E-state index contributed by atoms with van der Waals surface area (Å²) in [5.41, 5.74) is 1.34. The van der Waals surface area contributed by atoms with Crippen molar-refractivity contribution < 1.29 is 18.7 Å². The average molecular weight is 400 g/mol. The van der Waals surface area contributed by atoms with Crippen LogP contribution in [0.25, 0.3) is 0 Å². The van der Waals surface area contributed by atoms with Gasteiger partial charge in [0, 0.05) is 16.3 Å². The van der Waals surface area contributed by atoms with E-state index >= 15 is 0 Å². The first-order valence-electron chi connectivity index (χ1n) is 7.28. The van der Waals surface area contributed by atoms with Gasteiger partial charge in [0.25, 0.3) is 0 Å². The third kappa shape index (κ3) is 3.78. The molecular weight excluding hydrogens is 388 g/mol. The van der Waals surface area contributed by atoms with Crippen molar-refractivity contribution in [3.05, 3.63) is 64.2 Å². The fourth-order valence-electron chi connectivity index (χ4n) is 2.64. The summed E-state index contributed by atoms with van der Waals surface area (Å²) >= 11 is 12.6. The zero-order valence-electron chi connectivity index (χ0n) is 12.6. The molecule has 25 heavy (non-hydrogen) atoms. The van der Waals surface area contributed by atoms with Crippen molar-refractivity contribution in [3.63, 3.8) is 0 Å². The van der Waals surface area contributed by atoms with Gasteiger partial charge in [-0.15, -0.1) is 11.8 Å². The molecule has 2 atom stereocenters. The average Bonchev–Trinajstić information content (AvgIpc) is 2.67. The standard InChI is InChI=1S/C17H12ClF2NO2S2/c18-8-4-5-12-10(6-8)16(9-2-1-3-11(19)15(9)20)25-13(7-14(22)23)17(24)21-12/h1-6,13,16H,7H2,(H,21,24)(H,22,23)/t13-,16-/m1/s1. The molecule has 3 nitrogen and oxygen atoms in total. The van der Waals surface area contributed by atoms with Crippen molar-refractivity contribution in [2.75, 3.05) is 5.32 Å². The highest BCUT2D eigenvalue weighted by Gasteiger charge is 2.32. The molecule has 2 aromatic carbocycles. The van der Waals surface area contributed by atoms with E-state index in [0.29, 0.717) is 21.3 Å². The second-order valence-corrected chi connectivity index (χ2v) is 7.66. The number of carbonyl (C=O) groups is 1. The van der Waals surface area contributed by atoms with Gasteiger partial charge in [-0.05, 0) is 29.8 Å². The maximum atomic E-state index is 14.4. The van der Waals surface area contributed by atoms with Crippen LogP contribution in [0.15, 0.2) is 36.4 Å². The lowest BCUT2D eigenvalue weighted by Gasteiger charge is -2.21. The lowest BCUT2D eigenvalue weighted by Crippen LogP contribution is -2.24. The lowest BCUT2D eigenvalue weighted by atomic mass is 10.0. The summed E-state index contributed by atoms with van der Waals surface area (Å²) in [6, 6.07) is 8.93. The zero-order chi connectivity index (χ0) is 18.1. The van der Waals surface area contributed by atoms with Crippen LogP contribution in [0.4, 0.5) is 14.5 Å². The van der Waals surface area contributed by atoms with Crippen molar-refractivity contribution >= 4 is 52.2 Å². The van der Waals surface area contributed by atoms with Crippen molar-refractivity contribution in [2.24, 2.45) is 0 Å². The van der Waals surface area contributed by atoms with Gasteiger partial charge in [0.15, 0.2) is 11.6 Å². The first-order valence-corrected chi connectivity index (χ1v) is 9.01. The molecule has 2 N–H and O–H groups in total. The number of halogens is 3. The Morgan fingerprint density at radius 2 is 2.04 bits per heavy atom. The van der Waals surface area contributed by atoms with Crippen molar-refractivity contribution in [1.29, 1.82) is 0 Å². The van der Waals surface area contributed by atoms with Crippen LogP contribution in [0.5, 0.6) is 0 Å². The molecule has 0 aromatic heterocycles. The van der Waals surface area contributed by atoms with E-state index in [0.717, 1.165) is 6.07 Å². The minimum Gasteiger partial charge on any atom is -0.481 e. The summed E-state index contributed by atoms with van der Waals surface area (Å²) in [5, 5.41) is 11.3. The molecule has 130 valence electrons. The minimum atomic E-state index is -1.02. The molecule has 0 radical (unpaired) electrons. The van der Waals surface area contributed by atoms with Gasteiger partial charge in [-0.1, -0.05) is 36.0 Å².